The SMILES string of the molecule is Nc1ccc(Cn2cccc([N+](=O)[O-])c2=O)cc1[N+](=O)[O-]. The van der Waals surface area contributed by atoms with Crippen LogP contribution in [0.1, 0.15) is 5.56 Å². The van der Waals surface area contributed by atoms with Crippen LogP contribution in [0.15, 0.2) is 41.3 Å². The zero-order valence-electron chi connectivity index (χ0n) is 10.6. The van der Waals surface area contributed by atoms with Crippen molar-refractivity contribution in [3.63, 3.8) is 0 Å². The Balaban J connectivity index is 2.42. The quantitative estimate of drug-likeness (QED) is 0.512. The molecule has 0 atom stereocenters. The summed E-state index contributed by atoms with van der Waals surface area (Å²) in [6.07, 6.45) is 1.37. The lowest BCUT2D eigenvalue weighted by Gasteiger charge is -2.06. The number of hydrogen-bond donors (Lipinski definition) is 1. The van der Waals surface area contributed by atoms with Gasteiger partial charge in [-0.25, -0.2) is 0 Å². The monoisotopic (exact) mass is 290 g/mol. The molecule has 21 heavy (non-hydrogen) atoms. The molecular weight excluding hydrogens is 280 g/mol. The first kappa shape index (κ1) is 14.2. The van der Waals surface area contributed by atoms with Crippen molar-refractivity contribution >= 4 is 17.1 Å². The summed E-state index contributed by atoms with van der Waals surface area (Å²) in [5.74, 6) is 0. The number of nitrogens with two attached hydrogens (primary N) is 1. The highest BCUT2D eigenvalue weighted by atomic mass is 16.6. The Bertz CT molecular complexity index is 783. The van der Waals surface area contributed by atoms with E-state index in [1.807, 2.05) is 0 Å². The molecule has 0 aliphatic heterocycles. The van der Waals surface area contributed by atoms with Crippen LogP contribution in [0, 0.1) is 20.2 Å². The molecule has 0 bridgehead atoms. The molecule has 108 valence electrons. The maximum absolute atomic E-state index is 11.9. The predicted molar refractivity (Wildman–Crippen MR) is 74.0 cm³/mol. The van der Waals surface area contributed by atoms with Crippen LogP contribution in [0.2, 0.25) is 0 Å². The second-order valence-electron chi connectivity index (χ2n) is 4.23. The second-order valence-corrected chi connectivity index (χ2v) is 4.23. The summed E-state index contributed by atoms with van der Waals surface area (Å²) < 4.78 is 1.10. The fraction of sp³-hybridized carbons (Fsp3) is 0.0833. The molecule has 1 aromatic carbocycles. The van der Waals surface area contributed by atoms with Crippen LogP contribution < -0.4 is 11.3 Å². The summed E-state index contributed by atoms with van der Waals surface area (Å²) in [5, 5.41) is 21.5. The largest absolute Gasteiger partial charge is 0.393 e. The molecule has 0 radical (unpaired) electrons. The van der Waals surface area contributed by atoms with Gasteiger partial charge in [-0.3, -0.25) is 25.0 Å². The Hall–Kier alpha value is -3.23. The number of nitrogen functional groups attached to an aromatic ring is 1. The van der Waals surface area contributed by atoms with Crippen LogP contribution in [0.5, 0.6) is 0 Å². The molecule has 0 spiro atoms. The number of nitro groups is 2. The van der Waals surface area contributed by atoms with Gasteiger partial charge in [0.2, 0.25) is 0 Å². The van der Waals surface area contributed by atoms with E-state index in [9.17, 15) is 25.0 Å². The third-order valence-electron chi connectivity index (χ3n) is 2.84. The first-order valence-electron chi connectivity index (χ1n) is 5.77. The highest BCUT2D eigenvalue weighted by Crippen LogP contribution is 2.22. The van der Waals surface area contributed by atoms with Crippen LogP contribution in [0.25, 0.3) is 0 Å². The number of rotatable bonds is 4. The Morgan fingerprint density at radius 1 is 1.10 bits per heavy atom. The van der Waals surface area contributed by atoms with E-state index in [2.05, 4.69) is 0 Å². The molecule has 9 heteroatoms. The van der Waals surface area contributed by atoms with Gasteiger partial charge in [0.25, 0.3) is 5.69 Å². The van der Waals surface area contributed by atoms with E-state index in [-0.39, 0.29) is 17.9 Å². The summed E-state index contributed by atoms with van der Waals surface area (Å²) >= 11 is 0. The first-order valence-corrected chi connectivity index (χ1v) is 5.77. The zero-order chi connectivity index (χ0) is 15.6. The van der Waals surface area contributed by atoms with Gasteiger partial charge < -0.3 is 10.3 Å². The highest BCUT2D eigenvalue weighted by Gasteiger charge is 2.15. The number of benzene rings is 1. The van der Waals surface area contributed by atoms with Crippen molar-refractivity contribution in [2.45, 2.75) is 6.54 Å². The highest BCUT2D eigenvalue weighted by molar-refractivity contribution is 5.59. The third-order valence-corrected chi connectivity index (χ3v) is 2.84. The summed E-state index contributed by atoms with van der Waals surface area (Å²) in [5.41, 5.74) is 4.33. The molecular formula is C12H10N4O5. The van der Waals surface area contributed by atoms with Crippen LogP contribution >= 0.6 is 0 Å². The molecule has 2 rings (SSSR count). The van der Waals surface area contributed by atoms with Crippen LogP contribution in [-0.4, -0.2) is 14.4 Å². The molecule has 0 fully saturated rings. The molecule has 0 saturated heterocycles. The van der Waals surface area contributed by atoms with Gasteiger partial charge >= 0.3 is 11.2 Å². The van der Waals surface area contributed by atoms with Crippen molar-refractivity contribution in [3.05, 3.63) is 72.7 Å². The Kier molecular flexibility index (Phi) is 3.65. The van der Waals surface area contributed by atoms with E-state index in [1.54, 1.807) is 0 Å². The molecule has 0 aliphatic carbocycles. The van der Waals surface area contributed by atoms with Gasteiger partial charge in [0.1, 0.15) is 5.69 Å². The summed E-state index contributed by atoms with van der Waals surface area (Å²) in [4.78, 5) is 32.0. The van der Waals surface area contributed by atoms with Gasteiger partial charge in [0, 0.05) is 18.3 Å². The third kappa shape index (κ3) is 2.86. The number of aromatic nitrogens is 1. The molecule has 0 unspecified atom stereocenters. The summed E-state index contributed by atoms with van der Waals surface area (Å²) in [6.45, 7) is -0.0262. The van der Waals surface area contributed by atoms with Crippen molar-refractivity contribution in [2.24, 2.45) is 0 Å². The average molecular weight is 290 g/mol. The maximum Gasteiger partial charge on any atom is 0.334 e. The van der Waals surface area contributed by atoms with E-state index in [4.69, 9.17) is 5.73 Å². The Labute approximate surface area is 117 Å². The molecule has 1 heterocycles. The lowest BCUT2D eigenvalue weighted by atomic mass is 10.1. The van der Waals surface area contributed by atoms with Crippen molar-refractivity contribution in [1.29, 1.82) is 0 Å². The summed E-state index contributed by atoms with van der Waals surface area (Å²) in [6, 6.07) is 6.58. The number of anilines is 1. The number of pyridine rings is 1. The normalized spacial score (nSPS) is 10.3. The van der Waals surface area contributed by atoms with Crippen LogP contribution in [0.3, 0.4) is 0 Å². The number of nitro benzene ring substituents is 1. The molecule has 2 N–H and O–H groups in total. The standard InChI is InChI=1S/C12H10N4O5/c13-9-4-3-8(6-11(9)16(20)21)7-14-5-1-2-10(12(14)17)15(18)19/h1-6H,7,13H2. The van der Waals surface area contributed by atoms with Crippen molar-refractivity contribution in [2.75, 3.05) is 5.73 Å². The number of nitrogens with zero attached hydrogens (tertiary/aromatic N) is 3. The lowest BCUT2D eigenvalue weighted by molar-refractivity contribution is -0.386. The van der Waals surface area contributed by atoms with Gasteiger partial charge in [0.15, 0.2) is 0 Å². The second kappa shape index (κ2) is 5.41. The van der Waals surface area contributed by atoms with Crippen molar-refractivity contribution in [1.82, 2.24) is 4.57 Å². The van der Waals surface area contributed by atoms with E-state index >= 15 is 0 Å². The fourth-order valence-corrected chi connectivity index (χ4v) is 1.83. The van der Waals surface area contributed by atoms with Crippen LogP contribution in [0.4, 0.5) is 17.1 Å². The molecule has 1 aromatic heterocycles. The minimum atomic E-state index is -0.776. The number of hydrogen-bond acceptors (Lipinski definition) is 6. The zero-order valence-corrected chi connectivity index (χ0v) is 10.6. The van der Waals surface area contributed by atoms with E-state index in [0.717, 1.165) is 10.6 Å². The minimum absolute atomic E-state index is 0.00939. The fourth-order valence-electron chi connectivity index (χ4n) is 1.83. The molecule has 0 amide bonds. The van der Waals surface area contributed by atoms with Crippen LogP contribution in [-0.2, 0) is 6.54 Å². The minimum Gasteiger partial charge on any atom is -0.393 e. The van der Waals surface area contributed by atoms with Gasteiger partial charge in [-0.2, -0.15) is 0 Å². The average Bonchev–Trinajstić information content (AvgIpc) is 2.42. The predicted octanol–water partition coefficient (Wildman–Crippen LogP) is 1.30. The van der Waals surface area contributed by atoms with E-state index in [1.165, 1.54) is 30.5 Å². The Morgan fingerprint density at radius 2 is 1.76 bits per heavy atom. The van der Waals surface area contributed by atoms with Gasteiger partial charge in [-0.05, 0) is 17.7 Å². The topological polar surface area (TPSA) is 134 Å². The smallest absolute Gasteiger partial charge is 0.334 e. The maximum atomic E-state index is 11.9. The van der Waals surface area contributed by atoms with Gasteiger partial charge in [-0.15, -0.1) is 0 Å². The molecule has 0 saturated carbocycles. The lowest BCUT2D eigenvalue weighted by Crippen LogP contribution is -2.22. The molecule has 2 aromatic rings. The van der Waals surface area contributed by atoms with Crippen molar-refractivity contribution in [3.8, 4) is 0 Å². The molecule has 0 aliphatic rings. The Morgan fingerprint density at radius 3 is 2.38 bits per heavy atom. The van der Waals surface area contributed by atoms with Gasteiger partial charge in [0.05, 0.1) is 16.4 Å². The van der Waals surface area contributed by atoms with E-state index in [0.29, 0.717) is 5.56 Å². The van der Waals surface area contributed by atoms with Gasteiger partial charge in [-0.1, -0.05) is 6.07 Å². The molecule has 9 nitrogen and oxygen atoms in total. The van der Waals surface area contributed by atoms with Crippen molar-refractivity contribution < 1.29 is 9.85 Å². The summed E-state index contributed by atoms with van der Waals surface area (Å²) in [7, 11) is 0. The van der Waals surface area contributed by atoms with E-state index < -0.39 is 21.1 Å². The first-order chi connectivity index (χ1) is 9.90.